The number of quaternary nitrogens is 2. The molecule has 0 aliphatic rings. The molecule has 4 atom stereocenters. The first-order chi connectivity index (χ1) is 12.8. The minimum absolute atomic E-state index is 0.0594. The number of hydrogen-bond donors (Lipinski definition) is 3. The van der Waals surface area contributed by atoms with Gasteiger partial charge in [0.1, 0.15) is 35.8 Å². The molecule has 0 aromatic heterocycles. The summed E-state index contributed by atoms with van der Waals surface area (Å²) >= 11 is 3.84. The van der Waals surface area contributed by atoms with Crippen molar-refractivity contribution >= 4 is 36.1 Å². The van der Waals surface area contributed by atoms with E-state index >= 15 is 0 Å². The van der Waals surface area contributed by atoms with E-state index in [1.165, 1.54) is 0 Å². The fraction of sp³-hybridized carbons (Fsp3) is 0.778. The molecule has 2 N–H and O–H groups in total. The van der Waals surface area contributed by atoms with Crippen LogP contribution in [0.3, 0.4) is 0 Å². The molecule has 0 aromatic carbocycles. The number of carboxylic acids is 2. The number of likely N-dealkylation sites (N-methyl/N-ethyl adjacent to an activating group) is 2. The number of aliphatic hydroxyl groups is 2. The molecule has 29 heavy (non-hydrogen) atoms. The summed E-state index contributed by atoms with van der Waals surface area (Å²) in [6.45, 7) is -0.197. The predicted molar refractivity (Wildman–Crippen MR) is 102 cm³/mol. The van der Waals surface area contributed by atoms with Crippen LogP contribution in [0, 0.1) is 5.92 Å². The Morgan fingerprint density at radius 3 is 1.69 bits per heavy atom. The lowest BCUT2D eigenvalue weighted by molar-refractivity contribution is -0.873. The Bertz CT molecular complexity index is 641. The maximum Gasteiger partial charge on any atom is 0.157 e. The number of hydrogen-bond acceptors (Lipinski definition) is 9. The van der Waals surface area contributed by atoms with Crippen molar-refractivity contribution in [2.75, 3.05) is 55.4 Å². The number of ketones is 2. The topological polar surface area (TPSA) is 155 Å². The van der Waals surface area contributed by atoms with Gasteiger partial charge in [-0.15, -0.1) is 0 Å². The molecule has 0 saturated carbocycles. The average Bonchev–Trinajstić information content (AvgIpc) is 2.47. The van der Waals surface area contributed by atoms with Gasteiger partial charge in [-0.25, -0.2) is 0 Å². The Kier molecular flexibility index (Phi) is 9.46. The molecule has 0 spiro atoms. The van der Waals surface area contributed by atoms with Crippen LogP contribution in [0.1, 0.15) is 12.8 Å². The smallest absolute Gasteiger partial charge is 0.157 e. The largest absolute Gasteiger partial charge is 0.549 e. The Morgan fingerprint density at radius 1 is 0.897 bits per heavy atom. The molecule has 4 unspecified atom stereocenters. The fourth-order valence-electron chi connectivity index (χ4n) is 2.84. The van der Waals surface area contributed by atoms with E-state index in [0.29, 0.717) is 0 Å². The minimum Gasteiger partial charge on any atom is -0.549 e. The monoisotopic (exact) mass is 436 g/mol. The zero-order valence-electron chi connectivity index (χ0n) is 17.7. The molecule has 0 heterocycles. The van der Waals surface area contributed by atoms with E-state index in [1.54, 1.807) is 42.3 Å². The molecule has 0 rings (SSSR count). The highest BCUT2D eigenvalue weighted by molar-refractivity contribution is 7.83. The van der Waals surface area contributed by atoms with Gasteiger partial charge in [0.15, 0.2) is 5.78 Å². The van der Waals surface area contributed by atoms with Gasteiger partial charge in [0.25, 0.3) is 0 Å². The number of nitrogens with zero attached hydrogens (tertiary/aromatic N) is 2. The van der Waals surface area contributed by atoms with Crippen molar-refractivity contribution < 1.29 is 48.6 Å². The SMILES string of the molecule is C[N+](C)(C)CC(O)C(C(=O)[O-])C(=O)CCC(=O)C(S)(C(=O)[O-])C(O)C[N+](C)(C)C. The number of thiol groups is 1. The zero-order valence-corrected chi connectivity index (χ0v) is 18.6. The van der Waals surface area contributed by atoms with Gasteiger partial charge in [-0.3, -0.25) is 9.59 Å². The van der Waals surface area contributed by atoms with E-state index in [0.717, 1.165) is 0 Å². The normalized spacial score (nSPS) is 17.7. The molecule has 0 aliphatic heterocycles. The zero-order chi connectivity index (χ0) is 23.4. The quantitative estimate of drug-likeness (QED) is 0.149. The third-order valence-corrected chi connectivity index (χ3v) is 4.99. The summed E-state index contributed by atoms with van der Waals surface area (Å²) in [5.74, 6) is -7.64. The van der Waals surface area contributed by atoms with Crippen LogP contribution < -0.4 is 10.2 Å². The molecular weight excluding hydrogens is 404 g/mol. The van der Waals surface area contributed by atoms with E-state index in [4.69, 9.17) is 0 Å². The first-order valence-electron chi connectivity index (χ1n) is 9.00. The van der Waals surface area contributed by atoms with Crippen molar-refractivity contribution in [3.63, 3.8) is 0 Å². The van der Waals surface area contributed by atoms with Crippen molar-refractivity contribution in [3.05, 3.63) is 0 Å². The average molecular weight is 437 g/mol. The van der Waals surface area contributed by atoms with Gasteiger partial charge in [-0.2, -0.15) is 12.6 Å². The minimum atomic E-state index is -2.57. The second-order valence-corrected chi connectivity index (χ2v) is 9.97. The van der Waals surface area contributed by atoms with Crippen LogP contribution >= 0.6 is 12.6 Å². The Hall–Kier alpha value is -1.53. The second-order valence-electron chi connectivity index (χ2n) is 9.27. The van der Waals surface area contributed by atoms with Gasteiger partial charge < -0.3 is 39.0 Å². The lowest BCUT2D eigenvalue weighted by Gasteiger charge is -2.36. The molecule has 0 saturated heterocycles. The van der Waals surface area contributed by atoms with Crippen LogP contribution in [0.15, 0.2) is 0 Å². The Morgan fingerprint density at radius 2 is 1.34 bits per heavy atom. The van der Waals surface area contributed by atoms with Gasteiger partial charge in [0, 0.05) is 12.8 Å². The number of carbonyl (C=O) groups excluding carboxylic acids is 4. The molecule has 0 aliphatic carbocycles. The van der Waals surface area contributed by atoms with Gasteiger partial charge in [0.2, 0.25) is 0 Å². The van der Waals surface area contributed by atoms with Gasteiger partial charge >= 0.3 is 0 Å². The summed E-state index contributed by atoms with van der Waals surface area (Å²) in [5.41, 5.74) is 0. The summed E-state index contributed by atoms with van der Waals surface area (Å²) in [5, 5.41) is 43.2. The summed E-state index contributed by atoms with van der Waals surface area (Å²) in [6.07, 6.45) is -4.60. The molecule has 0 aromatic rings. The van der Waals surface area contributed by atoms with E-state index in [9.17, 15) is 39.6 Å². The fourth-order valence-corrected chi connectivity index (χ4v) is 3.03. The lowest BCUT2D eigenvalue weighted by atomic mass is 9.88. The van der Waals surface area contributed by atoms with Crippen molar-refractivity contribution in [2.24, 2.45) is 5.92 Å². The van der Waals surface area contributed by atoms with Crippen molar-refractivity contribution in [2.45, 2.75) is 29.8 Å². The molecule has 0 fully saturated rings. The maximum absolute atomic E-state index is 12.5. The number of carboxylic acid groups (broad SMARTS) is 2. The van der Waals surface area contributed by atoms with Crippen LogP contribution in [0.5, 0.6) is 0 Å². The van der Waals surface area contributed by atoms with Crippen LogP contribution in [-0.2, 0) is 19.2 Å². The molecule has 10 nitrogen and oxygen atoms in total. The summed E-state index contributed by atoms with van der Waals surface area (Å²) in [6, 6.07) is 0. The predicted octanol–water partition coefficient (Wildman–Crippen LogP) is -4.18. The third kappa shape index (κ3) is 8.39. The highest BCUT2D eigenvalue weighted by Gasteiger charge is 2.45. The second kappa shape index (κ2) is 9.98. The number of rotatable bonds is 13. The highest BCUT2D eigenvalue weighted by Crippen LogP contribution is 2.25. The summed E-state index contributed by atoms with van der Waals surface area (Å²) in [4.78, 5) is 47.7. The van der Waals surface area contributed by atoms with Crippen LogP contribution in [0.25, 0.3) is 0 Å². The van der Waals surface area contributed by atoms with E-state index in [2.05, 4.69) is 12.6 Å². The molecular formula is C18H32N2O8S. The Labute approximate surface area is 176 Å². The standard InChI is InChI=1S/C18H32N2O8S/c1-19(2,3)9-12(22)15(16(25)26)11(21)7-8-13(23)18(29,17(27)28)14(24)10-20(4,5)6/h12,14-15,22,24H,7-10H2,1-6H3,(H-2,25,26,27,28,29). The Balaban J connectivity index is 5.37. The molecule has 0 radical (unpaired) electrons. The highest BCUT2D eigenvalue weighted by atomic mass is 32.1. The van der Waals surface area contributed by atoms with Gasteiger partial charge in [-0.1, -0.05) is 0 Å². The van der Waals surface area contributed by atoms with Crippen molar-refractivity contribution in [3.8, 4) is 0 Å². The van der Waals surface area contributed by atoms with E-state index in [-0.39, 0.29) is 22.1 Å². The van der Waals surface area contributed by atoms with Crippen molar-refractivity contribution in [1.29, 1.82) is 0 Å². The summed E-state index contributed by atoms with van der Waals surface area (Å²) in [7, 11) is 10.1. The maximum atomic E-state index is 12.5. The van der Waals surface area contributed by atoms with E-state index in [1.807, 2.05) is 0 Å². The van der Waals surface area contributed by atoms with Crippen LogP contribution in [-0.4, -0.2) is 115 Å². The first kappa shape index (κ1) is 27.5. The first-order valence-corrected chi connectivity index (χ1v) is 9.45. The van der Waals surface area contributed by atoms with E-state index < -0.39 is 59.2 Å². The summed E-state index contributed by atoms with van der Waals surface area (Å²) < 4.78 is -2.25. The third-order valence-electron chi connectivity index (χ3n) is 4.26. The number of aliphatic carboxylic acids is 2. The molecule has 168 valence electrons. The van der Waals surface area contributed by atoms with Crippen LogP contribution in [0.2, 0.25) is 0 Å². The van der Waals surface area contributed by atoms with Gasteiger partial charge in [-0.05, 0) is 0 Å². The molecule has 0 amide bonds. The number of Topliss-reactive ketones (excluding diaryl/α,β-unsaturated/α-hetero) is 2. The van der Waals surface area contributed by atoms with Crippen molar-refractivity contribution in [1.82, 2.24) is 0 Å². The number of carbonyl (C=O) groups is 4. The lowest BCUT2D eigenvalue weighted by Crippen LogP contribution is -2.61. The molecule has 11 heteroatoms. The van der Waals surface area contributed by atoms with Gasteiger partial charge in [0.05, 0.1) is 60.1 Å². The van der Waals surface area contributed by atoms with Crippen LogP contribution in [0.4, 0.5) is 0 Å². The molecule has 0 bridgehead atoms. The number of aliphatic hydroxyl groups excluding tert-OH is 2.